The fourth-order valence-corrected chi connectivity index (χ4v) is 2.21. The lowest BCUT2D eigenvalue weighted by Gasteiger charge is -2.15. The zero-order valence-corrected chi connectivity index (χ0v) is 11.5. The first kappa shape index (κ1) is 13.1. The molecule has 2 rings (SSSR count). The highest BCUT2D eigenvalue weighted by Gasteiger charge is 2.07. The molecule has 0 bridgehead atoms. The van der Waals surface area contributed by atoms with Crippen LogP contribution in [0.15, 0.2) is 48.5 Å². The molecule has 2 aromatic carbocycles. The number of hydrogen-bond donors (Lipinski definition) is 1. The molecule has 0 unspecified atom stereocenters. The van der Waals surface area contributed by atoms with E-state index in [4.69, 9.17) is 11.6 Å². The van der Waals surface area contributed by atoms with Crippen LogP contribution in [0.1, 0.15) is 29.7 Å². The maximum absolute atomic E-state index is 6.18. The number of halogens is 1. The van der Waals surface area contributed by atoms with Crippen molar-refractivity contribution in [3.8, 4) is 0 Å². The third kappa shape index (κ3) is 3.34. The summed E-state index contributed by atoms with van der Waals surface area (Å²) in [5, 5.41) is 4.31. The van der Waals surface area contributed by atoms with Crippen molar-refractivity contribution >= 4 is 11.6 Å². The molecular weight excluding hydrogens is 242 g/mol. The Morgan fingerprint density at radius 3 is 2.39 bits per heavy atom. The second kappa shape index (κ2) is 6.03. The molecule has 0 heterocycles. The lowest BCUT2D eigenvalue weighted by molar-refractivity contribution is 0.575. The minimum atomic E-state index is 0.250. The molecule has 0 spiro atoms. The second-order valence-electron chi connectivity index (χ2n) is 4.61. The summed E-state index contributed by atoms with van der Waals surface area (Å²) < 4.78 is 0. The minimum absolute atomic E-state index is 0.250. The Labute approximate surface area is 114 Å². The Kier molecular flexibility index (Phi) is 4.40. The van der Waals surface area contributed by atoms with Gasteiger partial charge in [-0.2, -0.15) is 0 Å². The van der Waals surface area contributed by atoms with Crippen LogP contribution in [0.25, 0.3) is 0 Å². The van der Waals surface area contributed by atoms with Gasteiger partial charge in [0.2, 0.25) is 0 Å². The minimum Gasteiger partial charge on any atom is -0.306 e. The van der Waals surface area contributed by atoms with E-state index in [9.17, 15) is 0 Å². The SMILES string of the molecule is Cc1ccc(CN[C@H](C)c2ccccc2Cl)cc1. The Bertz CT molecular complexity index is 505. The molecule has 1 N–H and O–H groups in total. The highest BCUT2D eigenvalue weighted by atomic mass is 35.5. The third-order valence-corrected chi connectivity index (χ3v) is 3.45. The van der Waals surface area contributed by atoms with E-state index >= 15 is 0 Å². The molecule has 0 aliphatic rings. The summed E-state index contributed by atoms with van der Waals surface area (Å²) in [7, 11) is 0. The van der Waals surface area contributed by atoms with Crippen molar-refractivity contribution in [3.05, 3.63) is 70.2 Å². The lowest BCUT2D eigenvalue weighted by atomic mass is 10.1. The summed E-state index contributed by atoms with van der Waals surface area (Å²) in [6, 6.07) is 16.8. The highest BCUT2D eigenvalue weighted by molar-refractivity contribution is 6.31. The van der Waals surface area contributed by atoms with Gasteiger partial charge in [-0.3, -0.25) is 0 Å². The molecule has 18 heavy (non-hydrogen) atoms. The molecule has 0 aromatic heterocycles. The summed E-state index contributed by atoms with van der Waals surface area (Å²) in [5.41, 5.74) is 3.73. The van der Waals surface area contributed by atoms with E-state index < -0.39 is 0 Å². The normalized spacial score (nSPS) is 12.4. The van der Waals surface area contributed by atoms with E-state index in [2.05, 4.69) is 49.5 Å². The molecule has 0 fully saturated rings. The molecule has 1 atom stereocenters. The van der Waals surface area contributed by atoms with Crippen molar-refractivity contribution in [2.45, 2.75) is 26.4 Å². The van der Waals surface area contributed by atoms with Crippen molar-refractivity contribution < 1.29 is 0 Å². The van der Waals surface area contributed by atoms with Crippen molar-refractivity contribution in [1.82, 2.24) is 5.32 Å². The van der Waals surface area contributed by atoms with E-state index in [1.165, 1.54) is 11.1 Å². The Morgan fingerprint density at radius 2 is 1.72 bits per heavy atom. The molecule has 1 nitrogen and oxygen atoms in total. The lowest BCUT2D eigenvalue weighted by Crippen LogP contribution is -2.18. The summed E-state index contributed by atoms with van der Waals surface area (Å²) in [6.45, 7) is 5.09. The molecule has 0 aliphatic carbocycles. The number of hydrogen-bond acceptors (Lipinski definition) is 1. The van der Waals surface area contributed by atoms with Crippen molar-refractivity contribution in [2.75, 3.05) is 0 Å². The van der Waals surface area contributed by atoms with Crippen LogP contribution in [0.2, 0.25) is 5.02 Å². The van der Waals surface area contributed by atoms with Crippen LogP contribution in [0.3, 0.4) is 0 Å². The fraction of sp³-hybridized carbons (Fsp3) is 0.250. The monoisotopic (exact) mass is 259 g/mol. The van der Waals surface area contributed by atoms with Gasteiger partial charge in [-0.15, -0.1) is 0 Å². The van der Waals surface area contributed by atoms with Crippen LogP contribution in [0.5, 0.6) is 0 Å². The van der Waals surface area contributed by atoms with Gasteiger partial charge in [-0.25, -0.2) is 0 Å². The van der Waals surface area contributed by atoms with E-state index in [0.717, 1.165) is 17.1 Å². The molecule has 2 aromatic rings. The maximum atomic E-state index is 6.18. The average Bonchev–Trinajstić information content (AvgIpc) is 2.38. The number of benzene rings is 2. The molecule has 0 radical (unpaired) electrons. The Balaban J connectivity index is 1.98. The molecule has 0 saturated heterocycles. The predicted molar refractivity (Wildman–Crippen MR) is 77.9 cm³/mol. The number of aryl methyl sites for hydroxylation is 1. The van der Waals surface area contributed by atoms with Gasteiger partial charge < -0.3 is 5.32 Å². The van der Waals surface area contributed by atoms with Crippen LogP contribution >= 0.6 is 11.6 Å². The van der Waals surface area contributed by atoms with Gasteiger partial charge in [0.25, 0.3) is 0 Å². The van der Waals surface area contributed by atoms with Crippen LogP contribution in [0.4, 0.5) is 0 Å². The zero-order valence-electron chi connectivity index (χ0n) is 10.8. The first-order chi connectivity index (χ1) is 8.66. The van der Waals surface area contributed by atoms with Crippen LogP contribution < -0.4 is 5.32 Å². The molecular formula is C16H18ClN. The fourth-order valence-electron chi connectivity index (χ4n) is 1.91. The van der Waals surface area contributed by atoms with Crippen molar-refractivity contribution in [3.63, 3.8) is 0 Å². The molecule has 0 saturated carbocycles. The first-order valence-corrected chi connectivity index (χ1v) is 6.58. The predicted octanol–water partition coefficient (Wildman–Crippen LogP) is 4.50. The topological polar surface area (TPSA) is 12.0 Å². The van der Waals surface area contributed by atoms with E-state index in [1.54, 1.807) is 0 Å². The van der Waals surface area contributed by atoms with Gasteiger partial charge in [0, 0.05) is 17.6 Å². The summed E-state index contributed by atoms with van der Waals surface area (Å²) in [4.78, 5) is 0. The Morgan fingerprint density at radius 1 is 1.06 bits per heavy atom. The molecule has 0 aliphatic heterocycles. The quantitative estimate of drug-likeness (QED) is 0.853. The number of rotatable bonds is 4. The van der Waals surface area contributed by atoms with Crippen LogP contribution in [-0.4, -0.2) is 0 Å². The molecule has 94 valence electrons. The van der Waals surface area contributed by atoms with Gasteiger partial charge in [0.15, 0.2) is 0 Å². The number of nitrogens with one attached hydrogen (secondary N) is 1. The largest absolute Gasteiger partial charge is 0.306 e. The first-order valence-electron chi connectivity index (χ1n) is 6.20. The standard InChI is InChI=1S/C16H18ClN/c1-12-7-9-14(10-8-12)11-18-13(2)15-5-3-4-6-16(15)17/h3-10,13,18H,11H2,1-2H3/t13-/m1/s1. The average molecular weight is 260 g/mol. The van der Waals surface area contributed by atoms with Crippen LogP contribution in [-0.2, 0) is 6.54 Å². The Hall–Kier alpha value is -1.31. The summed E-state index contributed by atoms with van der Waals surface area (Å²) >= 11 is 6.18. The van der Waals surface area contributed by atoms with Gasteiger partial charge in [-0.1, -0.05) is 59.6 Å². The van der Waals surface area contributed by atoms with E-state index in [-0.39, 0.29) is 6.04 Å². The smallest absolute Gasteiger partial charge is 0.0453 e. The van der Waals surface area contributed by atoms with Crippen LogP contribution in [0, 0.1) is 6.92 Å². The van der Waals surface area contributed by atoms with Crippen molar-refractivity contribution in [2.24, 2.45) is 0 Å². The maximum Gasteiger partial charge on any atom is 0.0453 e. The van der Waals surface area contributed by atoms with Gasteiger partial charge >= 0.3 is 0 Å². The van der Waals surface area contributed by atoms with Gasteiger partial charge in [0.05, 0.1) is 0 Å². The van der Waals surface area contributed by atoms with Gasteiger partial charge in [0.1, 0.15) is 0 Å². The second-order valence-corrected chi connectivity index (χ2v) is 5.02. The third-order valence-electron chi connectivity index (χ3n) is 3.10. The van der Waals surface area contributed by atoms with Crippen molar-refractivity contribution in [1.29, 1.82) is 0 Å². The summed E-state index contributed by atoms with van der Waals surface area (Å²) in [5.74, 6) is 0. The molecule has 2 heteroatoms. The summed E-state index contributed by atoms with van der Waals surface area (Å²) in [6.07, 6.45) is 0. The zero-order chi connectivity index (χ0) is 13.0. The highest BCUT2D eigenvalue weighted by Crippen LogP contribution is 2.22. The van der Waals surface area contributed by atoms with E-state index in [1.807, 2.05) is 18.2 Å². The molecule has 0 amide bonds. The van der Waals surface area contributed by atoms with Gasteiger partial charge in [-0.05, 0) is 31.0 Å². The van der Waals surface area contributed by atoms with E-state index in [0.29, 0.717) is 0 Å².